The van der Waals surface area contributed by atoms with E-state index in [1.165, 1.54) is 65.9 Å². The van der Waals surface area contributed by atoms with Crippen molar-refractivity contribution < 1.29 is 0 Å². The Kier molecular flexibility index (Phi) is 4.83. The van der Waals surface area contributed by atoms with E-state index < -0.39 is 0 Å². The summed E-state index contributed by atoms with van der Waals surface area (Å²) in [7, 11) is 2.27. The highest BCUT2D eigenvalue weighted by Crippen LogP contribution is 2.39. The molecule has 0 saturated heterocycles. The van der Waals surface area contributed by atoms with Gasteiger partial charge in [-0.25, -0.2) is 9.97 Å². The van der Waals surface area contributed by atoms with Gasteiger partial charge in [0.2, 0.25) is 0 Å². The molecule has 0 bridgehead atoms. The maximum absolute atomic E-state index is 4.90. The predicted molar refractivity (Wildman–Crippen MR) is 107 cm³/mol. The molecule has 3 nitrogen and oxygen atoms in total. The van der Waals surface area contributed by atoms with Crippen molar-refractivity contribution in [3.8, 4) is 0 Å². The van der Waals surface area contributed by atoms with Gasteiger partial charge in [-0.3, -0.25) is 0 Å². The molecule has 0 amide bonds. The minimum Gasteiger partial charge on any atom is -0.303 e. The van der Waals surface area contributed by atoms with Gasteiger partial charge < -0.3 is 4.90 Å². The second kappa shape index (κ2) is 7.11. The fourth-order valence-corrected chi connectivity index (χ4v) is 4.58. The van der Waals surface area contributed by atoms with E-state index in [9.17, 15) is 0 Å². The van der Waals surface area contributed by atoms with Gasteiger partial charge >= 0.3 is 0 Å². The molecule has 3 heteroatoms. The lowest BCUT2D eigenvalue weighted by atomic mass is 9.91. The van der Waals surface area contributed by atoms with E-state index in [1.807, 2.05) is 0 Å². The maximum atomic E-state index is 4.90. The maximum Gasteiger partial charge on any atom is 0.125 e. The van der Waals surface area contributed by atoms with E-state index in [0.717, 1.165) is 24.7 Å². The van der Waals surface area contributed by atoms with E-state index >= 15 is 0 Å². The van der Waals surface area contributed by atoms with Gasteiger partial charge in [-0.05, 0) is 89.6 Å². The molecule has 2 aromatic rings. The summed E-state index contributed by atoms with van der Waals surface area (Å²) in [6, 6.07) is 7.70. The van der Waals surface area contributed by atoms with Crippen LogP contribution in [0.2, 0.25) is 0 Å². The first kappa shape index (κ1) is 17.7. The van der Waals surface area contributed by atoms with Crippen molar-refractivity contribution in [2.45, 2.75) is 71.3 Å². The second-order valence-corrected chi connectivity index (χ2v) is 8.35. The Morgan fingerprint density at radius 2 is 1.88 bits per heavy atom. The molecule has 1 aromatic heterocycles. The third kappa shape index (κ3) is 3.55. The molecule has 1 fully saturated rings. The highest BCUT2D eigenvalue weighted by Gasteiger charge is 2.30. The molecule has 1 atom stereocenters. The number of rotatable bonds is 6. The summed E-state index contributed by atoms with van der Waals surface area (Å²) in [5.74, 6) is 1.38. The summed E-state index contributed by atoms with van der Waals surface area (Å²) in [5, 5.41) is 0. The number of hydrogen-bond donors (Lipinski definition) is 0. The first-order chi connectivity index (χ1) is 12.5. The lowest BCUT2D eigenvalue weighted by Crippen LogP contribution is -2.22. The Morgan fingerprint density at radius 1 is 1.08 bits per heavy atom. The molecular formula is C23H31N3. The summed E-state index contributed by atoms with van der Waals surface area (Å²) >= 11 is 0. The SMILES string of the molecule is Cc1ccc(C2CCc3c(CCCN(C)C4CC4)nc(C)nc32)c(C)c1. The number of hydrogen-bond acceptors (Lipinski definition) is 3. The smallest absolute Gasteiger partial charge is 0.125 e. The molecule has 2 aliphatic carbocycles. The first-order valence-electron chi connectivity index (χ1n) is 10.2. The third-order valence-electron chi connectivity index (χ3n) is 6.14. The lowest BCUT2D eigenvalue weighted by molar-refractivity contribution is 0.319. The van der Waals surface area contributed by atoms with Gasteiger partial charge in [-0.1, -0.05) is 23.8 Å². The Hall–Kier alpha value is -1.74. The van der Waals surface area contributed by atoms with Crippen LogP contribution < -0.4 is 0 Å². The largest absolute Gasteiger partial charge is 0.303 e. The molecular weight excluding hydrogens is 318 g/mol. The Balaban J connectivity index is 1.55. The van der Waals surface area contributed by atoms with Crippen molar-refractivity contribution in [2.24, 2.45) is 0 Å². The monoisotopic (exact) mass is 349 g/mol. The summed E-state index contributed by atoms with van der Waals surface area (Å²) in [5.41, 5.74) is 8.23. The number of aromatic nitrogens is 2. The zero-order valence-corrected chi connectivity index (χ0v) is 16.7. The van der Waals surface area contributed by atoms with Crippen LogP contribution in [0.15, 0.2) is 18.2 Å². The Morgan fingerprint density at radius 3 is 2.62 bits per heavy atom. The van der Waals surface area contributed by atoms with E-state index in [0.29, 0.717) is 5.92 Å². The van der Waals surface area contributed by atoms with E-state index in [4.69, 9.17) is 9.97 Å². The minimum absolute atomic E-state index is 0.445. The Labute approximate surface area is 157 Å². The Bertz CT molecular complexity index is 807. The van der Waals surface area contributed by atoms with Crippen molar-refractivity contribution in [3.05, 3.63) is 57.7 Å². The van der Waals surface area contributed by atoms with Gasteiger partial charge in [0.15, 0.2) is 0 Å². The molecule has 1 aromatic carbocycles. The van der Waals surface area contributed by atoms with Gasteiger partial charge in [0.25, 0.3) is 0 Å². The van der Waals surface area contributed by atoms with Crippen LogP contribution in [0.4, 0.5) is 0 Å². The van der Waals surface area contributed by atoms with Gasteiger partial charge in [-0.2, -0.15) is 0 Å². The lowest BCUT2D eigenvalue weighted by Gasteiger charge is -2.17. The molecule has 1 unspecified atom stereocenters. The fraction of sp³-hybridized carbons (Fsp3) is 0.565. The average molecular weight is 350 g/mol. The molecule has 2 aliphatic rings. The summed E-state index contributed by atoms with van der Waals surface area (Å²) in [6.45, 7) is 7.64. The minimum atomic E-state index is 0.445. The van der Waals surface area contributed by atoms with Crippen LogP contribution in [0, 0.1) is 20.8 Å². The molecule has 0 radical (unpaired) electrons. The average Bonchev–Trinajstić information content (AvgIpc) is 3.36. The molecule has 1 saturated carbocycles. The normalized spacial score (nSPS) is 19.2. The molecule has 0 N–H and O–H groups in total. The van der Waals surface area contributed by atoms with Crippen LogP contribution >= 0.6 is 0 Å². The number of nitrogens with zero attached hydrogens (tertiary/aromatic N) is 3. The molecule has 138 valence electrons. The topological polar surface area (TPSA) is 29.0 Å². The third-order valence-corrected chi connectivity index (χ3v) is 6.14. The van der Waals surface area contributed by atoms with Crippen LogP contribution in [0.1, 0.15) is 71.1 Å². The van der Waals surface area contributed by atoms with Crippen LogP contribution in [0.25, 0.3) is 0 Å². The van der Waals surface area contributed by atoms with Crippen molar-refractivity contribution in [2.75, 3.05) is 13.6 Å². The first-order valence-corrected chi connectivity index (χ1v) is 10.2. The standard InChI is InChI=1S/C23H31N3/c1-15-7-10-19(16(2)14-15)20-11-12-21-22(24-17(3)25-23(20)21)6-5-13-26(4)18-8-9-18/h7,10,14,18,20H,5-6,8-9,11-13H2,1-4H3. The highest BCUT2D eigenvalue weighted by atomic mass is 15.1. The van der Waals surface area contributed by atoms with Gasteiger partial charge in [0, 0.05) is 17.7 Å². The summed E-state index contributed by atoms with van der Waals surface area (Å²) in [4.78, 5) is 12.3. The molecule has 1 heterocycles. The predicted octanol–water partition coefficient (Wildman–Crippen LogP) is 4.51. The zero-order valence-electron chi connectivity index (χ0n) is 16.7. The van der Waals surface area contributed by atoms with Crippen molar-refractivity contribution >= 4 is 0 Å². The quantitative estimate of drug-likeness (QED) is 0.768. The zero-order chi connectivity index (χ0) is 18.3. The van der Waals surface area contributed by atoms with Crippen LogP contribution in [0.5, 0.6) is 0 Å². The highest BCUT2D eigenvalue weighted by molar-refractivity contribution is 5.44. The summed E-state index contributed by atoms with van der Waals surface area (Å²) in [6.07, 6.45) is 7.35. The van der Waals surface area contributed by atoms with Crippen molar-refractivity contribution in [1.82, 2.24) is 14.9 Å². The number of fused-ring (bicyclic) bond motifs is 1. The van der Waals surface area contributed by atoms with Crippen LogP contribution in [-0.2, 0) is 12.8 Å². The van der Waals surface area contributed by atoms with Gasteiger partial charge in [0.1, 0.15) is 5.82 Å². The molecule has 0 spiro atoms. The van der Waals surface area contributed by atoms with E-state index in [2.05, 4.69) is 50.9 Å². The van der Waals surface area contributed by atoms with Crippen LogP contribution in [-0.4, -0.2) is 34.5 Å². The summed E-state index contributed by atoms with van der Waals surface area (Å²) < 4.78 is 0. The van der Waals surface area contributed by atoms with E-state index in [1.54, 1.807) is 0 Å². The van der Waals surface area contributed by atoms with E-state index in [-0.39, 0.29) is 0 Å². The molecule has 4 rings (SSSR count). The second-order valence-electron chi connectivity index (χ2n) is 8.35. The number of aryl methyl sites for hydroxylation is 4. The molecule has 0 aliphatic heterocycles. The van der Waals surface area contributed by atoms with Gasteiger partial charge in [-0.15, -0.1) is 0 Å². The van der Waals surface area contributed by atoms with Crippen molar-refractivity contribution in [1.29, 1.82) is 0 Å². The van der Waals surface area contributed by atoms with Gasteiger partial charge in [0.05, 0.1) is 5.69 Å². The molecule has 26 heavy (non-hydrogen) atoms. The van der Waals surface area contributed by atoms with Crippen molar-refractivity contribution in [3.63, 3.8) is 0 Å². The number of benzene rings is 1. The van der Waals surface area contributed by atoms with Crippen LogP contribution in [0.3, 0.4) is 0 Å². The fourth-order valence-electron chi connectivity index (χ4n) is 4.58.